The number of sulfone groups is 1. The minimum absolute atomic E-state index is 0.388. The molecule has 1 aliphatic rings. The van der Waals surface area contributed by atoms with E-state index in [1.54, 1.807) is 6.92 Å². The van der Waals surface area contributed by atoms with Crippen LogP contribution in [0.25, 0.3) is 0 Å². The van der Waals surface area contributed by atoms with Crippen molar-refractivity contribution in [3.63, 3.8) is 0 Å². The second-order valence-corrected chi connectivity index (χ2v) is 5.76. The number of rotatable bonds is 3. The molecule has 0 spiro atoms. The van der Waals surface area contributed by atoms with E-state index in [0.717, 1.165) is 13.1 Å². The zero-order valence-electron chi connectivity index (χ0n) is 10.1. The number of ether oxygens (including phenoxy) is 1. The van der Waals surface area contributed by atoms with Crippen LogP contribution in [-0.4, -0.2) is 57.7 Å². The molecule has 98 valence electrons. The summed E-state index contributed by atoms with van der Waals surface area (Å²) in [5.74, 6) is 0. The molecule has 7 heteroatoms. The van der Waals surface area contributed by atoms with E-state index in [0.29, 0.717) is 13.2 Å². The number of aliphatic hydroxyl groups is 1. The van der Waals surface area contributed by atoms with Crippen LogP contribution < -0.4 is 10.6 Å². The monoisotopic (exact) mass is 254 g/mol. The maximum absolute atomic E-state index is 10.9. The van der Waals surface area contributed by atoms with Crippen molar-refractivity contribution in [2.75, 3.05) is 32.5 Å². The molecule has 1 saturated heterocycles. The Morgan fingerprint density at radius 1 is 1.50 bits per heavy atom. The minimum atomic E-state index is -2.90. The number of hydrogen-bond donors (Lipinski definition) is 3. The summed E-state index contributed by atoms with van der Waals surface area (Å²) >= 11 is 0. The van der Waals surface area contributed by atoms with E-state index in [9.17, 15) is 8.42 Å². The summed E-state index contributed by atoms with van der Waals surface area (Å²) in [5, 5.41) is 13.9. The molecule has 6 nitrogen and oxygen atoms in total. The highest BCUT2D eigenvalue weighted by molar-refractivity contribution is 7.91. The zero-order valence-corrected chi connectivity index (χ0v) is 10.9. The average molecular weight is 254 g/mol. The standard InChI is InChI=1S/C5H12N2O2S.C4H10O2/c1-10(8,9)5-4-6-2-3-7-5;1-3-6-4(2)5/h5-7H,2-4H2,1H3;4-5H,3H2,1-2H3. The molecule has 2 unspecified atom stereocenters. The summed E-state index contributed by atoms with van der Waals surface area (Å²) in [6, 6.07) is 0. The lowest BCUT2D eigenvalue weighted by molar-refractivity contribution is -0.0800. The molecule has 1 fully saturated rings. The van der Waals surface area contributed by atoms with Gasteiger partial charge in [-0.05, 0) is 13.8 Å². The predicted molar refractivity (Wildman–Crippen MR) is 62.8 cm³/mol. The van der Waals surface area contributed by atoms with Crippen molar-refractivity contribution in [3.05, 3.63) is 0 Å². The molecule has 0 amide bonds. The molecule has 0 saturated carbocycles. The van der Waals surface area contributed by atoms with E-state index in [1.165, 1.54) is 6.26 Å². The highest BCUT2D eigenvalue weighted by Gasteiger charge is 2.21. The van der Waals surface area contributed by atoms with Crippen LogP contribution in [0.4, 0.5) is 0 Å². The van der Waals surface area contributed by atoms with Crippen molar-refractivity contribution in [2.45, 2.75) is 25.5 Å². The van der Waals surface area contributed by atoms with Gasteiger partial charge in [-0.2, -0.15) is 0 Å². The van der Waals surface area contributed by atoms with E-state index < -0.39 is 16.1 Å². The molecule has 0 aromatic carbocycles. The van der Waals surface area contributed by atoms with E-state index in [4.69, 9.17) is 5.11 Å². The van der Waals surface area contributed by atoms with Crippen molar-refractivity contribution < 1.29 is 18.3 Å². The molecule has 2 atom stereocenters. The van der Waals surface area contributed by atoms with Crippen LogP contribution in [0.5, 0.6) is 0 Å². The Hall–Kier alpha value is -0.210. The summed E-state index contributed by atoms with van der Waals surface area (Å²) in [4.78, 5) is 0. The zero-order chi connectivity index (χ0) is 12.6. The Labute approximate surface area is 97.3 Å². The highest BCUT2D eigenvalue weighted by Crippen LogP contribution is 1.95. The summed E-state index contributed by atoms with van der Waals surface area (Å²) < 4.78 is 26.4. The first-order valence-corrected chi connectivity index (χ1v) is 7.26. The first-order valence-electron chi connectivity index (χ1n) is 5.30. The van der Waals surface area contributed by atoms with Gasteiger partial charge in [-0.3, -0.25) is 5.32 Å². The van der Waals surface area contributed by atoms with Crippen molar-refractivity contribution in [1.29, 1.82) is 0 Å². The molecular formula is C9H22N2O4S. The van der Waals surface area contributed by atoms with Crippen LogP contribution >= 0.6 is 0 Å². The molecule has 1 rings (SSSR count). The smallest absolute Gasteiger partial charge is 0.164 e. The minimum Gasteiger partial charge on any atom is -0.368 e. The van der Waals surface area contributed by atoms with Gasteiger partial charge in [0.05, 0.1) is 0 Å². The van der Waals surface area contributed by atoms with Gasteiger partial charge in [0.15, 0.2) is 16.1 Å². The summed E-state index contributed by atoms with van der Waals surface area (Å²) in [6.45, 7) is 6.12. The van der Waals surface area contributed by atoms with Crippen LogP contribution in [0.15, 0.2) is 0 Å². The third-order valence-electron chi connectivity index (χ3n) is 1.93. The van der Waals surface area contributed by atoms with Gasteiger partial charge < -0.3 is 15.2 Å². The van der Waals surface area contributed by atoms with Crippen molar-refractivity contribution in [3.8, 4) is 0 Å². The molecule has 0 aliphatic carbocycles. The maximum Gasteiger partial charge on any atom is 0.164 e. The average Bonchev–Trinajstić information content (AvgIpc) is 2.18. The third kappa shape index (κ3) is 8.00. The number of hydrogen-bond acceptors (Lipinski definition) is 6. The van der Waals surface area contributed by atoms with E-state index >= 15 is 0 Å². The fourth-order valence-corrected chi connectivity index (χ4v) is 2.01. The molecule has 0 radical (unpaired) electrons. The van der Waals surface area contributed by atoms with Crippen LogP contribution in [-0.2, 0) is 14.6 Å². The SMILES string of the molecule is CCOC(C)O.CS(=O)(=O)C1CNCCN1. The molecular weight excluding hydrogens is 232 g/mol. The Balaban J connectivity index is 0.000000325. The highest BCUT2D eigenvalue weighted by atomic mass is 32.2. The predicted octanol–water partition coefficient (Wildman–Crippen LogP) is -1.09. The lowest BCUT2D eigenvalue weighted by atomic mass is 10.4. The van der Waals surface area contributed by atoms with Gasteiger partial charge in [0.1, 0.15) is 5.37 Å². The normalized spacial score (nSPS) is 23.1. The van der Waals surface area contributed by atoms with Crippen LogP contribution in [0.1, 0.15) is 13.8 Å². The van der Waals surface area contributed by atoms with Crippen LogP contribution in [0.3, 0.4) is 0 Å². The van der Waals surface area contributed by atoms with Crippen molar-refractivity contribution >= 4 is 9.84 Å². The van der Waals surface area contributed by atoms with Gasteiger partial charge in [-0.15, -0.1) is 0 Å². The molecule has 0 aromatic heterocycles. The molecule has 16 heavy (non-hydrogen) atoms. The maximum atomic E-state index is 10.9. The first kappa shape index (κ1) is 15.8. The number of aliphatic hydroxyl groups excluding tert-OH is 1. The quantitative estimate of drug-likeness (QED) is 0.555. The second kappa shape index (κ2) is 7.97. The van der Waals surface area contributed by atoms with Crippen LogP contribution in [0.2, 0.25) is 0 Å². The van der Waals surface area contributed by atoms with E-state index in [2.05, 4.69) is 15.4 Å². The lowest BCUT2D eigenvalue weighted by Crippen LogP contribution is -2.51. The summed E-state index contributed by atoms with van der Waals surface area (Å²) in [7, 11) is -2.90. The summed E-state index contributed by atoms with van der Waals surface area (Å²) in [6.07, 6.45) is 0.646. The fourth-order valence-electron chi connectivity index (χ4n) is 1.17. The molecule has 0 aromatic rings. The van der Waals surface area contributed by atoms with Gasteiger partial charge in [-0.1, -0.05) is 0 Å². The Morgan fingerprint density at radius 2 is 2.12 bits per heavy atom. The van der Waals surface area contributed by atoms with Crippen molar-refractivity contribution in [1.82, 2.24) is 10.6 Å². The topological polar surface area (TPSA) is 87.7 Å². The Bertz CT molecular complexity index is 261. The van der Waals surface area contributed by atoms with E-state index in [1.807, 2.05) is 6.92 Å². The molecule has 0 bridgehead atoms. The Kier molecular flexibility index (Phi) is 7.86. The largest absolute Gasteiger partial charge is 0.368 e. The van der Waals surface area contributed by atoms with E-state index in [-0.39, 0.29) is 5.37 Å². The Morgan fingerprint density at radius 3 is 2.31 bits per heavy atom. The third-order valence-corrected chi connectivity index (χ3v) is 3.30. The number of nitrogens with one attached hydrogen (secondary N) is 2. The van der Waals surface area contributed by atoms with Gasteiger partial charge in [0.25, 0.3) is 0 Å². The van der Waals surface area contributed by atoms with Gasteiger partial charge in [-0.25, -0.2) is 8.42 Å². The summed E-state index contributed by atoms with van der Waals surface area (Å²) in [5.41, 5.74) is 0. The first-order chi connectivity index (χ1) is 7.38. The molecule has 3 N–H and O–H groups in total. The van der Waals surface area contributed by atoms with Gasteiger partial charge >= 0.3 is 0 Å². The lowest BCUT2D eigenvalue weighted by Gasteiger charge is -2.22. The van der Waals surface area contributed by atoms with Gasteiger partial charge in [0, 0.05) is 32.5 Å². The fraction of sp³-hybridized carbons (Fsp3) is 1.00. The number of piperazine rings is 1. The van der Waals surface area contributed by atoms with Gasteiger partial charge in [0.2, 0.25) is 0 Å². The second-order valence-electron chi connectivity index (χ2n) is 3.53. The van der Waals surface area contributed by atoms with Crippen molar-refractivity contribution in [2.24, 2.45) is 0 Å². The molecule has 1 aliphatic heterocycles. The van der Waals surface area contributed by atoms with Crippen LogP contribution in [0, 0.1) is 0 Å². The molecule has 1 heterocycles.